The molecule has 1 unspecified atom stereocenters. The van der Waals surface area contributed by atoms with Gasteiger partial charge in [0.15, 0.2) is 0 Å². The van der Waals surface area contributed by atoms with Crippen LogP contribution in [0, 0.1) is 0 Å². The topological polar surface area (TPSA) is 64.8 Å². The first-order valence-electron chi connectivity index (χ1n) is 6.81. The number of methoxy groups -OCH3 is 1. The molecule has 0 saturated heterocycles. The first kappa shape index (κ1) is 16.5. The fourth-order valence-corrected chi connectivity index (χ4v) is 1.86. The monoisotopic (exact) mass is 280 g/mol. The van der Waals surface area contributed by atoms with Crippen LogP contribution in [0.4, 0.5) is 0 Å². The molecule has 1 aromatic rings. The summed E-state index contributed by atoms with van der Waals surface area (Å²) in [5, 5.41) is 0. The van der Waals surface area contributed by atoms with Crippen LogP contribution in [-0.2, 0) is 4.74 Å². The predicted octanol–water partition coefficient (Wildman–Crippen LogP) is 1.52. The number of carbonyl (C=O) groups excluding carboxylic acids is 1. The van der Waals surface area contributed by atoms with E-state index in [0.717, 1.165) is 6.42 Å². The smallest absolute Gasteiger partial charge is 0.253 e. The Morgan fingerprint density at radius 2 is 2.20 bits per heavy atom. The number of nitrogens with zero attached hydrogens (tertiary/aromatic N) is 1. The third kappa shape index (κ3) is 5.19. The Balaban J connectivity index is 2.66. The first-order chi connectivity index (χ1) is 9.58. The van der Waals surface area contributed by atoms with Crippen LogP contribution in [-0.4, -0.2) is 50.8 Å². The van der Waals surface area contributed by atoms with Gasteiger partial charge >= 0.3 is 0 Å². The molecule has 0 fully saturated rings. The normalized spacial score (nSPS) is 12.0. The molecule has 112 valence electrons. The SMILES string of the molecule is CCCOc1cccc(C(=O)N(C)CC(N)COC)c1. The van der Waals surface area contributed by atoms with Gasteiger partial charge in [-0.2, -0.15) is 0 Å². The summed E-state index contributed by atoms with van der Waals surface area (Å²) < 4.78 is 10.5. The Hall–Kier alpha value is -1.59. The van der Waals surface area contributed by atoms with E-state index < -0.39 is 0 Å². The standard InChI is InChI=1S/C15H24N2O3/c1-4-8-20-14-7-5-6-12(9-14)15(18)17(2)10-13(16)11-19-3/h5-7,9,13H,4,8,10-11,16H2,1-3H3. The van der Waals surface area contributed by atoms with E-state index in [1.165, 1.54) is 0 Å². The van der Waals surface area contributed by atoms with Gasteiger partial charge in [-0.1, -0.05) is 13.0 Å². The molecular weight excluding hydrogens is 256 g/mol. The highest BCUT2D eigenvalue weighted by Crippen LogP contribution is 2.15. The summed E-state index contributed by atoms with van der Waals surface area (Å²) in [6, 6.07) is 7.02. The number of benzene rings is 1. The Labute approximate surface area is 120 Å². The van der Waals surface area contributed by atoms with Crippen molar-refractivity contribution in [3.63, 3.8) is 0 Å². The number of likely N-dealkylation sites (N-methyl/N-ethyl adjacent to an activating group) is 1. The summed E-state index contributed by atoms with van der Waals surface area (Å²) in [7, 11) is 3.33. The van der Waals surface area contributed by atoms with Crippen LogP contribution in [0.1, 0.15) is 23.7 Å². The average molecular weight is 280 g/mol. The van der Waals surface area contributed by atoms with Gasteiger partial charge in [-0.3, -0.25) is 4.79 Å². The van der Waals surface area contributed by atoms with Gasteiger partial charge in [-0.25, -0.2) is 0 Å². The summed E-state index contributed by atoms with van der Waals surface area (Å²) in [4.78, 5) is 13.9. The number of hydrogen-bond donors (Lipinski definition) is 1. The number of ether oxygens (including phenoxy) is 2. The van der Waals surface area contributed by atoms with Gasteiger partial charge in [-0.05, 0) is 24.6 Å². The van der Waals surface area contributed by atoms with Crippen LogP contribution in [0.2, 0.25) is 0 Å². The Bertz CT molecular complexity index is 423. The van der Waals surface area contributed by atoms with E-state index in [1.807, 2.05) is 19.1 Å². The summed E-state index contributed by atoms with van der Waals surface area (Å²) >= 11 is 0. The highest BCUT2D eigenvalue weighted by molar-refractivity contribution is 5.94. The van der Waals surface area contributed by atoms with Crippen molar-refractivity contribution in [2.24, 2.45) is 5.73 Å². The second-order valence-corrected chi connectivity index (χ2v) is 4.78. The predicted molar refractivity (Wildman–Crippen MR) is 79.0 cm³/mol. The number of amides is 1. The zero-order valence-corrected chi connectivity index (χ0v) is 12.5. The van der Waals surface area contributed by atoms with Crippen molar-refractivity contribution in [2.45, 2.75) is 19.4 Å². The maximum absolute atomic E-state index is 12.3. The molecule has 5 heteroatoms. The molecule has 0 spiro atoms. The van der Waals surface area contributed by atoms with E-state index in [0.29, 0.717) is 31.1 Å². The molecule has 1 atom stereocenters. The third-order valence-electron chi connectivity index (χ3n) is 2.79. The molecule has 0 aliphatic carbocycles. The molecule has 0 bridgehead atoms. The third-order valence-corrected chi connectivity index (χ3v) is 2.79. The summed E-state index contributed by atoms with van der Waals surface area (Å²) in [6.07, 6.45) is 0.934. The van der Waals surface area contributed by atoms with Gasteiger partial charge in [0.1, 0.15) is 5.75 Å². The lowest BCUT2D eigenvalue weighted by molar-refractivity contribution is 0.0764. The molecule has 0 radical (unpaired) electrons. The van der Waals surface area contributed by atoms with Crippen LogP contribution in [0.3, 0.4) is 0 Å². The lowest BCUT2D eigenvalue weighted by Gasteiger charge is -2.21. The van der Waals surface area contributed by atoms with Gasteiger partial charge in [0.25, 0.3) is 5.91 Å². The van der Waals surface area contributed by atoms with E-state index >= 15 is 0 Å². The molecule has 0 heterocycles. The van der Waals surface area contributed by atoms with Gasteiger partial charge in [-0.15, -0.1) is 0 Å². The fourth-order valence-electron chi connectivity index (χ4n) is 1.86. The maximum atomic E-state index is 12.3. The maximum Gasteiger partial charge on any atom is 0.253 e. The van der Waals surface area contributed by atoms with Gasteiger partial charge in [0.2, 0.25) is 0 Å². The van der Waals surface area contributed by atoms with Crippen molar-refractivity contribution in [3.05, 3.63) is 29.8 Å². The molecule has 20 heavy (non-hydrogen) atoms. The molecule has 0 aliphatic heterocycles. The second-order valence-electron chi connectivity index (χ2n) is 4.78. The lowest BCUT2D eigenvalue weighted by atomic mass is 10.2. The van der Waals surface area contributed by atoms with E-state index in [4.69, 9.17) is 15.2 Å². The van der Waals surface area contributed by atoms with Crippen LogP contribution < -0.4 is 10.5 Å². The minimum atomic E-state index is -0.187. The molecule has 1 amide bonds. The van der Waals surface area contributed by atoms with Gasteiger partial charge in [0.05, 0.1) is 13.2 Å². The average Bonchev–Trinajstić information content (AvgIpc) is 2.44. The molecular formula is C15H24N2O3. The minimum Gasteiger partial charge on any atom is -0.494 e. The number of hydrogen-bond acceptors (Lipinski definition) is 4. The van der Waals surface area contributed by atoms with E-state index in [2.05, 4.69) is 0 Å². The zero-order chi connectivity index (χ0) is 15.0. The van der Waals surface area contributed by atoms with Crippen LogP contribution in [0.15, 0.2) is 24.3 Å². The van der Waals surface area contributed by atoms with Crippen LogP contribution in [0.25, 0.3) is 0 Å². The quantitative estimate of drug-likeness (QED) is 0.784. The van der Waals surface area contributed by atoms with Crippen LogP contribution in [0.5, 0.6) is 5.75 Å². The summed E-state index contributed by atoms with van der Waals surface area (Å²) in [5.74, 6) is 0.644. The molecule has 5 nitrogen and oxygen atoms in total. The first-order valence-corrected chi connectivity index (χ1v) is 6.81. The Morgan fingerprint density at radius 3 is 2.85 bits per heavy atom. The van der Waals surface area contributed by atoms with E-state index in [-0.39, 0.29) is 11.9 Å². The van der Waals surface area contributed by atoms with E-state index in [1.54, 1.807) is 31.2 Å². The Morgan fingerprint density at radius 1 is 1.45 bits per heavy atom. The molecule has 0 aliphatic rings. The second kappa shape index (κ2) is 8.55. The van der Waals surface area contributed by atoms with E-state index in [9.17, 15) is 4.79 Å². The molecule has 0 aromatic heterocycles. The minimum absolute atomic E-state index is 0.0708. The highest BCUT2D eigenvalue weighted by atomic mass is 16.5. The molecule has 1 aromatic carbocycles. The molecule has 2 N–H and O–H groups in total. The highest BCUT2D eigenvalue weighted by Gasteiger charge is 2.15. The lowest BCUT2D eigenvalue weighted by Crippen LogP contribution is -2.41. The molecule has 1 rings (SSSR count). The number of carbonyl (C=O) groups is 1. The largest absolute Gasteiger partial charge is 0.494 e. The van der Waals surface area contributed by atoms with Crippen LogP contribution >= 0.6 is 0 Å². The van der Waals surface area contributed by atoms with Crippen molar-refractivity contribution in [1.29, 1.82) is 0 Å². The van der Waals surface area contributed by atoms with Crippen molar-refractivity contribution >= 4 is 5.91 Å². The zero-order valence-electron chi connectivity index (χ0n) is 12.5. The van der Waals surface area contributed by atoms with Gasteiger partial charge < -0.3 is 20.1 Å². The van der Waals surface area contributed by atoms with Crippen molar-refractivity contribution in [3.8, 4) is 5.75 Å². The fraction of sp³-hybridized carbons (Fsp3) is 0.533. The number of rotatable bonds is 8. The van der Waals surface area contributed by atoms with Crippen molar-refractivity contribution < 1.29 is 14.3 Å². The van der Waals surface area contributed by atoms with Crippen molar-refractivity contribution in [2.75, 3.05) is 33.9 Å². The van der Waals surface area contributed by atoms with Gasteiger partial charge in [0, 0.05) is 32.3 Å². The summed E-state index contributed by atoms with van der Waals surface area (Å²) in [6.45, 7) is 3.57. The Kier molecular flexibility index (Phi) is 7.04. The number of nitrogens with two attached hydrogens (primary N) is 1. The molecule has 0 saturated carbocycles. The summed E-state index contributed by atoms with van der Waals surface area (Å²) in [5.41, 5.74) is 6.46. The van der Waals surface area contributed by atoms with Crippen molar-refractivity contribution in [1.82, 2.24) is 4.90 Å².